The molecule has 0 bridgehead atoms. The Labute approximate surface area is 211 Å². The van der Waals surface area contributed by atoms with Crippen LogP contribution in [0, 0.1) is 12.7 Å². The normalized spacial score (nSPS) is 13.2. The van der Waals surface area contributed by atoms with Crippen molar-refractivity contribution in [1.82, 2.24) is 24.7 Å². The first kappa shape index (κ1) is 27.2. The lowest BCUT2D eigenvalue weighted by molar-refractivity contribution is 0.0466. The number of anilines is 1. The summed E-state index contributed by atoms with van der Waals surface area (Å²) in [5, 5.41) is 7.08. The number of nitrogens with one attached hydrogen (secondary N) is 1. The summed E-state index contributed by atoms with van der Waals surface area (Å²) >= 11 is 0. The van der Waals surface area contributed by atoms with Crippen LogP contribution in [0.2, 0.25) is 0 Å². The Balaban J connectivity index is 2.05. The molecule has 0 aliphatic rings. The Morgan fingerprint density at radius 1 is 1.22 bits per heavy atom. The van der Waals surface area contributed by atoms with Crippen LogP contribution in [0.1, 0.15) is 55.6 Å². The number of ether oxygens (including phenoxy) is 1. The molecule has 11 heteroatoms. The van der Waals surface area contributed by atoms with E-state index in [1.165, 1.54) is 23.6 Å². The zero-order valence-electron chi connectivity index (χ0n) is 20.7. The minimum absolute atomic E-state index is 0.0996. The summed E-state index contributed by atoms with van der Waals surface area (Å²) in [5.41, 5.74) is 1.40. The largest absolute Gasteiger partial charge is 0.369 e. The molecule has 0 radical (unpaired) electrons. The van der Waals surface area contributed by atoms with Crippen molar-refractivity contribution >= 4 is 22.0 Å². The maximum absolute atomic E-state index is 15.0. The molecule has 2 heterocycles. The fourth-order valence-corrected chi connectivity index (χ4v) is 4.64. The molecule has 0 saturated carbocycles. The lowest BCUT2D eigenvalue weighted by Gasteiger charge is -2.24. The third-order valence-electron chi connectivity index (χ3n) is 5.47. The molecule has 2 aromatic heterocycles. The predicted octanol–water partition coefficient (Wildman–Crippen LogP) is 4.56. The number of hydrogen-bond acceptors (Lipinski definition) is 7. The van der Waals surface area contributed by atoms with Crippen molar-refractivity contribution in [2.45, 2.75) is 51.4 Å². The molecule has 0 saturated heterocycles. The highest BCUT2D eigenvalue weighted by atomic mass is 32.2. The molecule has 3 aromatic rings. The summed E-state index contributed by atoms with van der Waals surface area (Å²) in [7, 11) is -4.12. The van der Waals surface area contributed by atoms with E-state index in [2.05, 4.69) is 38.0 Å². The zero-order chi connectivity index (χ0) is 26.3. The van der Waals surface area contributed by atoms with Crippen molar-refractivity contribution < 1.29 is 17.5 Å². The molecule has 192 valence electrons. The Hall–Kier alpha value is -3.44. The van der Waals surface area contributed by atoms with E-state index < -0.39 is 27.2 Å². The molecule has 9 nitrogen and oxygen atoms in total. The lowest BCUT2D eigenvalue weighted by Crippen LogP contribution is -2.34. The quantitative estimate of drug-likeness (QED) is 0.333. The highest BCUT2D eigenvalue weighted by Crippen LogP contribution is 2.29. The maximum atomic E-state index is 15.0. The van der Waals surface area contributed by atoms with Crippen LogP contribution in [-0.4, -0.2) is 45.0 Å². The van der Waals surface area contributed by atoms with E-state index in [0.29, 0.717) is 37.3 Å². The second-order valence-electron chi connectivity index (χ2n) is 8.25. The molecular weight excluding hydrogens is 483 g/mol. The fraction of sp³-hybridized carbons (Fsp3) is 0.360. The number of aromatic nitrogens is 5. The van der Waals surface area contributed by atoms with E-state index in [9.17, 15) is 8.42 Å². The minimum Gasteiger partial charge on any atom is -0.369 e. The Morgan fingerprint density at radius 2 is 1.94 bits per heavy atom. The monoisotopic (exact) mass is 514 g/mol. The van der Waals surface area contributed by atoms with Crippen LogP contribution in [0.5, 0.6) is 0 Å². The smallest absolute Gasteiger partial charge is 0.243 e. The first-order valence-electron chi connectivity index (χ1n) is 11.6. The topological polar surface area (TPSA) is 112 Å². The number of hydrogen-bond donors (Lipinski definition) is 1. The van der Waals surface area contributed by atoms with Gasteiger partial charge in [-0.3, -0.25) is 9.29 Å². The maximum Gasteiger partial charge on any atom is 0.243 e. The molecule has 2 atom stereocenters. The number of allylic oxidation sites excluding steroid dienone is 1. The second kappa shape index (κ2) is 12.0. The highest BCUT2D eigenvalue weighted by molar-refractivity contribution is 7.93. The number of nitrogens with zero attached hydrogens (tertiary/aromatic N) is 5. The van der Waals surface area contributed by atoms with E-state index in [1.54, 1.807) is 30.6 Å². The number of aryl methyl sites for hydroxylation is 2. The molecule has 0 spiro atoms. The second-order valence-corrected chi connectivity index (χ2v) is 10.3. The number of para-hydroxylation sites is 1. The van der Waals surface area contributed by atoms with Crippen molar-refractivity contribution in [1.29, 1.82) is 0 Å². The van der Waals surface area contributed by atoms with E-state index in [4.69, 9.17) is 4.74 Å². The summed E-state index contributed by atoms with van der Waals surface area (Å²) < 4.78 is 51.8. The van der Waals surface area contributed by atoms with Gasteiger partial charge in [-0.15, -0.1) is 16.8 Å². The van der Waals surface area contributed by atoms with Crippen molar-refractivity contribution in [3.8, 4) is 5.69 Å². The number of sulfonamides is 1. The molecule has 0 fully saturated rings. The molecule has 1 N–H and O–H groups in total. The molecular formula is C25H31FN6O3S. The molecule has 0 amide bonds. The number of benzene rings is 1. The molecule has 36 heavy (non-hydrogen) atoms. The van der Waals surface area contributed by atoms with Gasteiger partial charge >= 0.3 is 0 Å². The summed E-state index contributed by atoms with van der Waals surface area (Å²) in [6, 6.07) is 4.50. The van der Waals surface area contributed by atoms with Crippen LogP contribution in [0.4, 0.5) is 10.3 Å². The lowest BCUT2D eigenvalue weighted by atomic mass is 10.1. The standard InChI is InChI=1S/C25H31FN6O3S/c1-6-9-13-21-29-30-25(32(21)22-19(8-3)11-10-12-20(22)26)31-36(33,34)18(5)23(35-14-7-2)24-27-15-17(4)16-28-24/h6,8,10-12,15-16,18,23H,1,3,7,9,13-14H2,2,4-5H3,(H,30,31)/t18-,23+/m0/s1. The van der Waals surface area contributed by atoms with Crippen LogP contribution in [0.3, 0.4) is 0 Å². The van der Waals surface area contributed by atoms with Crippen molar-refractivity contribution in [2.24, 2.45) is 0 Å². The van der Waals surface area contributed by atoms with Gasteiger partial charge in [0.15, 0.2) is 5.82 Å². The molecule has 0 unspecified atom stereocenters. The molecule has 0 aliphatic carbocycles. The van der Waals surface area contributed by atoms with Crippen LogP contribution in [-0.2, 0) is 21.2 Å². The molecule has 1 aromatic carbocycles. The third-order valence-corrected chi connectivity index (χ3v) is 7.16. The Morgan fingerprint density at radius 3 is 2.58 bits per heavy atom. The summed E-state index contributed by atoms with van der Waals surface area (Å²) in [6.45, 7) is 13.0. The average molecular weight is 515 g/mol. The van der Waals surface area contributed by atoms with E-state index in [-0.39, 0.29) is 17.5 Å². The Kier molecular flexibility index (Phi) is 9.05. The van der Waals surface area contributed by atoms with Crippen molar-refractivity contribution in [2.75, 3.05) is 11.3 Å². The van der Waals surface area contributed by atoms with Gasteiger partial charge in [0.25, 0.3) is 0 Å². The van der Waals surface area contributed by atoms with E-state index in [0.717, 1.165) is 5.56 Å². The predicted molar refractivity (Wildman–Crippen MR) is 138 cm³/mol. The van der Waals surface area contributed by atoms with Gasteiger partial charge in [-0.2, -0.15) is 0 Å². The molecule has 3 rings (SSSR count). The summed E-state index contributed by atoms with van der Waals surface area (Å²) in [5.74, 6) is -0.0943. The van der Waals surface area contributed by atoms with E-state index in [1.807, 2.05) is 13.8 Å². The van der Waals surface area contributed by atoms with Crippen LogP contribution >= 0.6 is 0 Å². The van der Waals surface area contributed by atoms with Crippen LogP contribution in [0.15, 0.2) is 49.8 Å². The van der Waals surface area contributed by atoms with Crippen LogP contribution in [0.25, 0.3) is 11.8 Å². The Bertz CT molecular complexity index is 1310. The minimum atomic E-state index is -4.12. The van der Waals surface area contributed by atoms with Gasteiger partial charge < -0.3 is 4.74 Å². The first-order valence-corrected chi connectivity index (χ1v) is 13.2. The van der Waals surface area contributed by atoms with Gasteiger partial charge in [-0.25, -0.2) is 22.8 Å². The van der Waals surface area contributed by atoms with Crippen LogP contribution < -0.4 is 4.72 Å². The molecule has 0 aliphatic heterocycles. The first-order chi connectivity index (χ1) is 17.2. The summed E-state index contributed by atoms with van der Waals surface area (Å²) in [4.78, 5) is 8.56. The number of rotatable bonds is 13. The SMILES string of the molecule is C=CCCc1nnc(NS(=O)(=O)[C@@H](C)[C@@H](OCCC)c2ncc(C)cn2)n1-c1c(F)cccc1C=C. The van der Waals surface area contributed by atoms with Gasteiger partial charge in [-0.1, -0.05) is 37.8 Å². The summed E-state index contributed by atoms with van der Waals surface area (Å²) in [6.07, 6.45) is 7.05. The van der Waals surface area contributed by atoms with Gasteiger partial charge in [0.1, 0.15) is 23.0 Å². The van der Waals surface area contributed by atoms with E-state index >= 15 is 4.39 Å². The van der Waals surface area contributed by atoms with Crippen molar-refractivity contribution in [3.63, 3.8) is 0 Å². The van der Waals surface area contributed by atoms with Gasteiger partial charge in [0.2, 0.25) is 16.0 Å². The fourth-order valence-electron chi connectivity index (χ4n) is 3.54. The van der Waals surface area contributed by atoms with Gasteiger partial charge in [0.05, 0.1) is 5.69 Å². The average Bonchev–Trinajstić information content (AvgIpc) is 3.24. The third kappa shape index (κ3) is 6.03. The van der Waals surface area contributed by atoms with Gasteiger partial charge in [-0.05, 0) is 38.3 Å². The highest BCUT2D eigenvalue weighted by Gasteiger charge is 2.35. The van der Waals surface area contributed by atoms with Gasteiger partial charge in [0, 0.05) is 31.0 Å². The van der Waals surface area contributed by atoms with Crippen molar-refractivity contribution in [3.05, 3.63) is 78.4 Å². The zero-order valence-corrected chi connectivity index (χ0v) is 21.5. The number of halogens is 1.